The van der Waals surface area contributed by atoms with E-state index in [1.807, 2.05) is 30.3 Å². The van der Waals surface area contributed by atoms with Gasteiger partial charge in [0.2, 0.25) is 30.0 Å². The maximum atomic E-state index is 14.6. The number of pyridine rings is 2. The van der Waals surface area contributed by atoms with E-state index in [0.717, 1.165) is 10.9 Å². The van der Waals surface area contributed by atoms with Crippen molar-refractivity contribution in [3.8, 4) is 22.9 Å². The zero-order valence-corrected chi connectivity index (χ0v) is 54.1. The lowest BCUT2D eigenvalue weighted by Gasteiger charge is -2.40. The summed E-state index contributed by atoms with van der Waals surface area (Å²) in [6.07, 6.45) is -7.96. The average molecular weight is 1330 g/mol. The van der Waals surface area contributed by atoms with Gasteiger partial charge in [-0.25, -0.2) is 14.6 Å². The van der Waals surface area contributed by atoms with E-state index in [-0.39, 0.29) is 61.1 Å². The highest BCUT2D eigenvalue weighted by molar-refractivity contribution is 7.80. The van der Waals surface area contributed by atoms with E-state index in [4.69, 9.17) is 73.0 Å². The van der Waals surface area contributed by atoms with Crippen molar-refractivity contribution in [3.63, 3.8) is 0 Å². The molecule has 9 rings (SSSR count). The number of halogens is 1. The number of aliphatic hydroxyl groups is 4. The molecule has 2 amide bonds. The lowest BCUT2D eigenvalue weighted by molar-refractivity contribution is -0.273. The van der Waals surface area contributed by atoms with Gasteiger partial charge in [-0.05, 0) is 163 Å². The molecule has 26 nitrogen and oxygen atoms in total. The Balaban J connectivity index is 0.0000109. The number of nitrogens with zero attached hydrogens (tertiary/aromatic N) is 2. The van der Waals surface area contributed by atoms with Gasteiger partial charge in [0, 0.05) is 48.7 Å². The summed E-state index contributed by atoms with van der Waals surface area (Å²) < 4.78 is 47.0. The van der Waals surface area contributed by atoms with Crippen LogP contribution in [0.5, 0.6) is 11.5 Å². The summed E-state index contributed by atoms with van der Waals surface area (Å²) in [6, 6.07) is 20.9. The molecular formula is C63H80ClN9O17S2. The maximum absolute atomic E-state index is 14.6. The Morgan fingerprint density at radius 2 is 1.30 bits per heavy atom. The van der Waals surface area contributed by atoms with Crippen molar-refractivity contribution in [2.45, 2.75) is 171 Å². The van der Waals surface area contributed by atoms with E-state index < -0.39 is 114 Å². The van der Waals surface area contributed by atoms with Gasteiger partial charge in [-0.15, -0.1) is 12.4 Å². The van der Waals surface area contributed by atoms with Gasteiger partial charge in [-0.2, -0.15) is 0 Å². The molecule has 29 heteroatoms. The Morgan fingerprint density at radius 1 is 0.750 bits per heavy atom. The molecule has 0 bridgehead atoms. The van der Waals surface area contributed by atoms with Crippen LogP contribution in [-0.2, 0) is 66.4 Å². The van der Waals surface area contributed by atoms with Crippen molar-refractivity contribution >= 4 is 93.1 Å². The van der Waals surface area contributed by atoms with Gasteiger partial charge in [-0.1, -0.05) is 25.1 Å². The number of cyclic esters (lactones) is 1. The number of anilines is 2. The van der Waals surface area contributed by atoms with Crippen LogP contribution in [0.4, 0.5) is 11.4 Å². The van der Waals surface area contributed by atoms with Gasteiger partial charge in [0.05, 0.1) is 41.2 Å². The molecule has 12 N–H and O–H groups in total. The number of thiocarbonyl (C=S) groups is 2. The van der Waals surface area contributed by atoms with E-state index in [2.05, 4.69) is 31.9 Å². The Labute approximate surface area is 548 Å². The largest absolute Gasteiger partial charge is 0.462 e. The summed E-state index contributed by atoms with van der Waals surface area (Å²) in [6.45, 7) is 6.89. The fraction of sp³-hybridized carbons (Fsp3) is 0.492. The zero-order valence-electron chi connectivity index (χ0n) is 51.7. The number of rotatable bonds is 25. The Hall–Kier alpha value is -7.19. The minimum Gasteiger partial charge on any atom is -0.462 e. The maximum Gasteiger partial charge on any atom is 0.355 e. The fourth-order valence-electron chi connectivity index (χ4n) is 11.4. The molecule has 0 radical (unpaired) electrons. The van der Waals surface area contributed by atoms with E-state index >= 15 is 0 Å². The Kier molecular flexibility index (Phi) is 24.3. The minimum absolute atomic E-state index is 0. The monoisotopic (exact) mass is 1330 g/mol. The number of ether oxygens (including phenoxy) is 8. The molecule has 6 heterocycles. The molecule has 4 aliphatic heterocycles. The number of aliphatic hydroxyl groups excluding tert-OH is 4. The van der Waals surface area contributed by atoms with E-state index in [9.17, 15) is 44.4 Å². The van der Waals surface area contributed by atoms with Crippen molar-refractivity contribution in [1.29, 1.82) is 0 Å². The average Bonchev–Trinajstić information content (AvgIpc) is 1.42. The third-order valence-electron chi connectivity index (χ3n) is 16.6. The molecule has 0 spiro atoms. The lowest BCUT2D eigenvalue weighted by atomic mass is 9.85. The topological polar surface area (TPSA) is 356 Å². The first kappa shape index (κ1) is 70.7. The molecule has 2 aromatic heterocycles. The molecular weight excluding hydrogens is 1250 g/mol. The number of hydrogen-bond acceptors (Lipinski definition) is 21. The number of methoxy groups -OCH3 is 2. The van der Waals surface area contributed by atoms with Crippen LogP contribution >= 0.6 is 36.8 Å². The summed E-state index contributed by atoms with van der Waals surface area (Å²) in [5.41, 5.74) is 7.37. The summed E-state index contributed by atoms with van der Waals surface area (Å²) in [4.78, 5) is 76.2. The first-order valence-electron chi connectivity index (χ1n) is 30.3. The van der Waals surface area contributed by atoms with Crippen molar-refractivity contribution in [2.75, 3.05) is 37.9 Å². The second-order valence-corrected chi connectivity index (χ2v) is 23.7. The molecule has 0 unspecified atom stereocenters. The molecule has 498 valence electrons. The number of hydrogen-bond donors (Lipinski definition) is 11. The standard InChI is InChI=1S/C63H79N9O17S2.ClH/c1-7-63(42-29-46-47-36(28-35-14-8-9-15-43(35)69-47)30-72(46)56(79)41(42)31-84-60(63)81)89-57(80)32(2)66-54(77)44(16-10-12-26-64)70-55(78)45(71-62(91)68-38-20-24-40(25-21-38)88-59-51(76)53(83-6)49(74)34(4)86-59)17-11-13-27-65-61(90)67-37-18-22-39(23-19-37)87-58-50(75)52(82-5)48(73)33(3)85-58;/h8-9,14-15,18-25,28-29,32-34,44-45,48-53,58-59,73-76H,7,10-13,16-17,26-27,30-31,64H2,1-6H3,(H,66,77)(H,70,78)(H2,65,67,90)(H2,68,71,91);1H/t32-,33-,34-,44-,45-,48+,49+,50-,51-,52+,53+,58+,59+,63-;/m0./s1. The number of benzene rings is 3. The van der Waals surface area contributed by atoms with E-state index in [1.54, 1.807) is 79.9 Å². The van der Waals surface area contributed by atoms with Crippen molar-refractivity contribution in [3.05, 3.63) is 112 Å². The smallest absolute Gasteiger partial charge is 0.355 e. The lowest BCUT2D eigenvalue weighted by Crippen LogP contribution is -2.59. The van der Waals surface area contributed by atoms with Gasteiger partial charge in [0.1, 0.15) is 72.9 Å². The summed E-state index contributed by atoms with van der Waals surface area (Å²) >= 11 is 11.3. The van der Waals surface area contributed by atoms with Gasteiger partial charge in [-0.3, -0.25) is 14.4 Å². The number of nitrogens with one attached hydrogen (secondary N) is 6. The van der Waals surface area contributed by atoms with Crippen LogP contribution in [0.1, 0.15) is 89.3 Å². The molecule has 2 fully saturated rings. The second-order valence-electron chi connectivity index (χ2n) is 22.8. The molecule has 2 saturated heterocycles. The number of para-hydroxylation sites is 1. The molecule has 5 aromatic rings. The fourth-order valence-corrected chi connectivity index (χ4v) is 11.9. The van der Waals surface area contributed by atoms with Crippen LogP contribution in [0.15, 0.2) is 89.7 Å². The number of fused-ring (bicyclic) bond motifs is 5. The molecule has 0 saturated carbocycles. The van der Waals surface area contributed by atoms with Crippen LogP contribution in [0.3, 0.4) is 0 Å². The van der Waals surface area contributed by atoms with Crippen LogP contribution in [0.2, 0.25) is 0 Å². The number of unbranched alkanes of at least 4 members (excludes halogenated alkanes) is 2. The van der Waals surface area contributed by atoms with E-state index in [1.165, 1.54) is 21.1 Å². The third kappa shape index (κ3) is 16.1. The van der Waals surface area contributed by atoms with Gasteiger partial charge < -0.3 is 101 Å². The van der Waals surface area contributed by atoms with Gasteiger partial charge in [0.25, 0.3) is 5.56 Å². The predicted octanol–water partition coefficient (Wildman–Crippen LogP) is 3.40. The van der Waals surface area contributed by atoms with E-state index in [0.29, 0.717) is 83.7 Å². The number of carbonyl (C=O) groups excluding carboxylic acids is 4. The summed E-state index contributed by atoms with van der Waals surface area (Å²) in [5.74, 6) is -2.49. The van der Waals surface area contributed by atoms with Gasteiger partial charge >= 0.3 is 11.9 Å². The van der Waals surface area contributed by atoms with Crippen molar-refractivity contribution in [2.24, 2.45) is 5.73 Å². The Morgan fingerprint density at radius 3 is 1.88 bits per heavy atom. The second kappa shape index (κ2) is 31.6. The van der Waals surface area contributed by atoms with Crippen molar-refractivity contribution < 1.29 is 77.5 Å². The molecule has 4 aliphatic rings. The van der Waals surface area contributed by atoms with Gasteiger partial charge in [0.15, 0.2) is 10.2 Å². The first-order chi connectivity index (χ1) is 43.7. The van der Waals surface area contributed by atoms with Crippen LogP contribution < -0.4 is 52.7 Å². The van der Waals surface area contributed by atoms with Crippen LogP contribution in [0.25, 0.3) is 22.3 Å². The Bertz CT molecular complexity index is 3500. The van der Waals surface area contributed by atoms with Crippen LogP contribution in [-0.4, -0.2) is 171 Å². The number of carbonyl (C=O) groups is 4. The number of aromatic nitrogens is 2. The molecule has 14 atom stereocenters. The third-order valence-corrected chi connectivity index (χ3v) is 17.1. The highest BCUT2D eigenvalue weighted by Gasteiger charge is 2.52. The molecule has 3 aromatic carbocycles. The summed E-state index contributed by atoms with van der Waals surface area (Å²) in [7, 11) is 2.76. The SMILES string of the molecule is CC[C@@]1(OC(=O)[C@H](C)NC(=O)[C@H](CCCCN)NC(=O)[C@H](CCCCNC(=S)Nc2ccc(O[C@H]3O[C@@H](C)[C@@H](O)[C@@H](OC)[C@@H]3O)cc2)NC(=S)Nc2ccc(O[C@H]3O[C@@H](C)[C@@H](O)[C@@H](OC)[C@@H]3O)cc2)C(=O)OCc2c1cc1n(c2=O)Cc2cc3ccccc3nc2-1.Cl. The molecule has 0 aliphatic carbocycles. The predicted molar refractivity (Wildman–Crippen MR) is 348 cm³/mol. The number of esters is 2. The normalized spacial score (nSPS) is 24.8. The number of amides is 2. The van der Waals surface area contributed by atoms with Crippen LogP contribution in [0, 0.1) is 0 Å². The summed E-state index contributed by atoms with van der Waals surface area (Å²) in [5, 5.41) is 61.5. The zero-order chi connectivity index (χ0) is 65.3. The highest BCUT2D eigenvalue weighted by Crippen LogP contribution is 2.41. The minimum atomic E-state index is -2.06. The number of nitrogens with two attached hydrogens (primary N) is 1. The highest BCUT2D eigenvalue weighted by atomic mass is 35.5. The van der Waals surface area contributed by atoms with Crippen molar-refractivity contribution in [1.82, 2.24) is 30.8 Å². The quantitative estimate of drug-likeness (QED) is 0.0222. The molecule has 92 heavy (non-hydrogen) atoms. The first-order valence-corrected chi connectivity index (χ1v) is 31.1.